The Morgan fingerprint density at radius 1 is 1.25 bits per heavy atom. The van der Waals surface area contributed by atoms with Crippen LogP contribution in [-0.2, 0) is 6.54 Å². The van der Waals surface area contributed by atoms with Crippen molar-refractivity contribution in [3.05, 3.63) is 46.2 Å². The molecule has 2 aromatic rings. The molecule has 0 radical (unpaired) electrons. The molecule has 0 bridgehead atoms. The molecular formula is C19H28N4S. The van der Waals surface area contributed by atoms with Crippen LogP contribution in [0.4, 0.5) is 0 Å². The Bertz CT molecular complexity index is 617. The molecule has 24 heavy (non-hydrogen) atoms. The molecule has 0 aromatic carbocycles. The minimum Gasteiger partial charge on any atom is -0.306 e. The van der Waals surface area contributed by atoms with Crippen LogP contribution >= 0.6 is 11.3 Å². The average molecular weight is 345 g/mol. The molecule has 1 atom stereocenters. The summed E-state index contributed by atoms with van der Waals surface area (Å²) in [6.45, 7) is 9.88. The van der Waals surface area contributed by atoms with Crippen LogP contribution in [0, 0.1) is 0 Å². The van der Waals surface area contributed by atoms with E-state index in [-0.39, 0.29) is 0 Å². The second-order valence-corrected chi connectivity index (χ2v) is 7.91. The summed E-state index contributed by atoms with van der Waals surface area (Å²) in [6, 6.07) is 7.08. The summed E-state index contributed by atoms with van der Waals surface area (Å²) in [5.74, 6) is 0.519. The van der Waals surface area contributed by atoms with E-state index in [1.54, 1.807) is 11.3 Å². The van der Waals surface area contributed by atoms with Gasteiger partial charge in [0, 0.05) is 49.2 Å². The lowest BCUT2D eigenvalue weighted by atomic mass is 10.0. The Morgan fingerprint density at radius 3 is 2.67 bits per heavy atom. The van der Waals surface area contributed by atoms with E-state index in [4.69, 9.17) is 4.98 Å². The van der Waals surface area contributed by atoms with Crippen molar-refractivity contribution in [1.29, 1.82) is 0 Å². The number of nitrogens with zero attached hydrogens (tertiary/aromatic N) is 3. The van der Waals surface area contributed by atoms with Crippen LogP contribution in [0.25, 0.3) is 0 Å². The van der Waals surface area contributed by atoms with Crippen LogP contribution < -0.4 is 5.32 Å². The molecule has 0 amide bonds. The minimum atomic E-state index is 0.334. The Balaban J connectivity index is 1.46. The van der Waals surface area contributed by atoms with E-state index in [0.717, 1.165) is 19.6 Å². The Hall–Kier alpha value is -1.30. The third kappa shape index (κ3) is 4.62. The molecule has 3 rings (SSSR count). The van der Waals surface area contributed by atoms with Crippen LogP contribution in [0.2, 0.25) is 0 Å². The lowest BCUT2D eigenvalue weighted by molar-refractivity contribution is 0.183. The zero-order chi connectivity index (χ0) is 16.9. The summed E-state index contributed by atoms with van der Waals surface area (Å²) in [5, 5.41) is 7.22. The Kier molecular flexibility index (Phi) is 5.98. The number of hydrogen-bond acceptors (Lipinski definition) is 5. The van der Waals surface area contributed by atoms with Crippen molar-refractivity contribution in [3.63, 3.8) is 0 Å². The summed E-state index contributed by atoms with van der Waals surface area (Å²) in [6.07, 6.45) is 4.27. The number of thiazole rings is 1. The summed E-state index contributed by atoms with van der Waals surface area (Å²) < 4.78 is 0. The molecule has 130 valence electrons. The summed E-state index contributed by atoms with van der Waals surface area (Å²) in [7, 11) is 0. The van der Waals surface area contributed by atoms with Gasteiger partial charge in [0.1, 0.15) is 0 Å². The van der Waals surface area contributed by atoms with Gasteiger partial charge >= 0.3 is 0 Å². The van der Waals surface area contributed by atoms with E-state index in [1.165, 1.54) is 29.2 Å². The predicted molar refractivity (Wildman–Crippen MR) is 100 cm³/mol. The van der Waals surface area contributed by atoms with E-state index in [1.807, 2.05) is 12.3 Å². The summed E-state index contributed by atoms with van der Waals surface area (Å²) in [5.41, 5.74) is 2.36. The SMILES string of the molecule is CC(C)c1nc([C@@H](C)NC2CCN(Cc3ccccn3)CC2)cs1. The quantitative estimate of drug-likeness (QED) is 0.861. The van der Waals surface area contributed by atoms with Gasteiger partial charge in [0.15, 0.2) is 0 Å². The van der Waals surface area contributed by atoms with Crippen LogP contribution in [0.3, 0.4) is 0 Å². The molecule has 1 N–H and O–H groups in total. The fourth-order valence-electron chi connectivity index (χ4n) is 3.18. The second kappa shape index (κ2) is 8.19. The maximum Gasteiger partial charge on any atom is 0.0954 e. The first-order chi connectivity index (χ1) is 11.6. The standard InChI is InChI=1S/C19H28N4S/c1-14(2)19-22-18(13-24-19)15(3)21-16-7-10-23(11-8-16)12-17-6-4-5-9-20-17/h4-6,9,13-16,21H,7-8,10-12H2,1-3H3/t15-/m1/s1. The molecule has 4 nitrogen and oxygen atoms in total. The summed E-state index contributed by atoms with van der Waals surface area (Å²) >= 11 is 1.78. The van der Waals surface area contributed by atoms with Crippen LogP contribution in [0.5, 0.6) is 0 Å². The molecule has 1 saturated heterocycles. The van der Waals surface area contributed by atoms with Crippen LogP contribution in [0.1, 0.15) is 62.0 Å². The normalized spacial score (nSPS) is 18.2. The Labute approximate surface area is 149 Å². The van der Waals surface area contributed by atoms with Gasteiger partial charge in [0.25, 0.3) is 0 Å². The topological polar surface area (TPSA) is 41.1 Å². The molecule has 1 aliphatic rings. The molecule has 0 saturated carbocycles. The highest BCUT2D eigenvalue weighted by atomic mass is 32.1. The second-order valence-electron chi connectivity index (χ2n) is 7.03. The molecule has 2 aromatic heterocycles. The van der Waals surface area contributed by atoms with Crippen molar-refractivity contribution >= 4 is 11.3 Å². The summed E-state index contributed by atoms with van der Waals surface area (Å²) in [4.78, 5) is 11.7. The van der Waals surface area contributed by atoms with Crippen molar-refractivity contribution in [3.8, 4) is 0 Å². The molecule has 0 unspecified atom stereocenters. The third-order valence-corrected chi connectivity index (χ3v) is 5.83. The van der Waals surface area contributed by atoms with E-state index in [2.05, 4.69) is 53.5 Å². The van der Waals surface area contributed by atoms with Gasteiger partial charge in [-0.2, -0.15) is 0 Å². The zero-order valence-electron chi connectivity index (χ0n) is 14.9. The zero-order valence-corrected chi connectivity index (χ0v) is 15.7. The van der Waals surface area contributed by atoms with Gasteiger partial charge in [-0.25, -0.2) is 4.98 Å². The molecule has 1 aliphatic heterocycles. The molecule has 3 heterocycles. The van der Waals surface area contributed by atoms with Gasteiger partial charge in [0.2, 0.25) is 0 Å². The monoisotopic (exact) mass is 344 g/mol. The van der Waals surface area contributed by atoms with Gasteiger partial charge in [-0.15, -0.1) is 11.3 Å². The number of hydrogen-bond donors (Lipinski definition) is 1. The van der Waals surface area contributed by atoms with E-state index < -0.39 is 0 Å². The van der Waals surface area contributed by atoms with Crippen molar-refractivity contribution < 1.29 is 0 Å². The van der Waals surface area contributed by atoms with Gasteiger partial charge in [0.05, 0.1) is 16.4 Å². The molecule has 0 aliphatic carbocycles. The van der Waals surface area contributed by atoms with Crippen molar-refractivity contribution in [2.24, 2.45) is 0 Å². The lowest BCUT2D eigenvalue weighted by Gasteiger charge is -2.33. The first-order valence-electron chi connectivity index (χ1n) is 8.95. The fraction of sp³-hybridized carbons (Fsp3) is 0.579. The molecule has 0 spiro atoms. The van der Waals surface area contributed by atoms with Gasteiger partial charge < -0.3 is 5.32 Å². The van der Waals surface area contributed by atoms with Gasteiger partial charge in [-0.1, -0.05) is 19.9 Å². The van der Waals surface area contributed by atoms with Crippen LogP contribution in [-0.4, -0.2) is 34.0 Å². The highest BCUT2D eigenvalue weighted by molar-refractivity contribution is 7.09. The van der Waals surface area contributed by atoms with E-state index in [0.29, 0.717) is 18.0 Å². The number of nitrogens with one attached hydrogen (secondary N) is 1. The highest BCUT2D eigenvalue weighted by Gasteiger charge is 2.22. The predicted octanol–water partition coefficient (Wildman–Crippen LogP) is 3.98. The van der Waals surface area contributed by atoms with E-state index >= 15 is 0 Å². The van der Waals surface area contributed by atoms with Crippen molar-refractivity contribution in [2.75, 3.05) is 13.1 Å². The highest BCUT2D eigenvalue weighted by Crippen LogP contribution is 2.24. The maximum absolute atomic E-state index is 4.78. The first-order valence-corrected chi connectivity index (χ1v) is 9.83. The minimum absolute atomic E-state index is 0.334. The number of piperidine rings is 1. The molecular weight excluding hydrogens is 316 g/mol. The fourth-order valence-corrected chi connectivity index (χ4v) is 4.11. The average Bonchev–Trinajstić information content (AvgIpc) is 3.08. The van der Waals surface area contributed by atoms with E-state index in [9.17, 15) is 0 Å². The van der Waals surface area contributed by atoms with Crippen molar-refractivity contribution in [2.45, 2.75) is 58.2 Å². The smallest absolute Gasteiger partial charge is 0.0954 e. The molecule has 5 heteroatoms. The third-order valence-electron chi connectivity index (χ3n) is 4.66. The number of pyridine rings is 1. The van der Waals surface area contributed by atoms with Crippen molar-refractivity contribution in [1.82, 2.24) is 20.2 Å². The lowest BCUT2D eigenvalue weighted by Crippen LogP contribution is -2.43. The number of likely N-dealkylation sites (tertiary alicyclic amines) is 1. The number of rotatable bonds is 6. The van der Waals surface area contributed by atoms with Crippen LogP contribution in [0.15, 0.2) is 29.8 Å². The maximum atomic E-state index is 4.78. The van der Waals surface area contributed by atoms with Gasteiger partial charge in [-0.3, -0.25) is 9.88 Å². The molecule has 1 fully saturated rings. The first kappa shape index (κ1) is 17.5. The Morgan fingerprint density at radius 2 is 2.04 bits per heavy atom. The largest absolute Gasteiger partial charge is 0.306 e. The van der Waals surface area contributed by atoms with Gasteiger partial charge in [-0.05, 0) is 31.9 Å². The number of aromatic nitrogens is 2.